The largest absolute Gasteiger partial charge is 0.491 e. The molecule has 0 N–H and O–H groups in total. The maximum Gasteiger partial charge on any atom is 0.242 e. The van der Waals surface area contributed by atoms with Crippen LogP contribution in [0.25, 0.3) is 0 Å². The Bertz CT molecular complexity index is 1070. The molecule has 2 aromatic heterocycles. The van der Waals surface area contributed by atoms with E-state index < -0.39 is 0 Å². The predicted octanol–water partition coefficient (Wildman–Crippen LogP) is 4.42. The molecule has 32 heavy (non-hydrogen) atoms. The van der Waals surface area contributed by atoms with Gasteiger partial charge in [-0.3, -0.25) is 9.59 Å². The van der Waals surface area contributed by atoms with Crippen molar-refractivity contribution in [1.82, 2.24) is 9.80 Å². The molecule has 0 unspecified atom stereocenters. The Hall–Kier alpha value is -3.13. The first-order valence-corrected chi connectivity index (χ1v) is 11.5. The van der Waals surface area contributed by atoms with Crippen molar-refractivity contribution in [3.05, 3.63) is 76.1 Å². The highest BCUT2D eigenvalue weighted by molar-refractivity contribution is 7.10. The van der Waals surface area contributed by atoms with Crippen molar-refractivity contribution in [2.45, 2.75) is 32.4 Å². The number of ether oxygens (including phenoxy) is 1. The molecule has 0 aliphatic carbocycles. The minimum Gasteiger partial charge on any atom is -0.491 e. The van der Waals surface area contributed by atoms with Crippen LogP contribution in [0.2, 0.25) is 0 Å². The Labute approximate surface area is 190 Å². The van der Waals surface area contributed by atoms with E-state index in [1.165, 1.54) is 21.9 Å². The molecular formula is C24H25FN2O4S. The third-order valence-electron chi connectivity index (χ3n) is 5.53. The molecule has 8 heteroatoms. The number of amides is 2. The molecule has 0 fully saturated rings. The predicted molar refractivity (Wildman–Crippen MR) is 119 cm³/mol. The second kappa shape index (κ2) is 9.99. The Morgan fingerprint density at radius 1 is 1.28 bits per heavy atom. The highest BCUT2D eigenvalue weighted by atomic mass is 32.1. The summed E-state index contributed by atoms with van der Waals surface area (Å²) in [5, 5.41) is 2.01. The summed E-state index contributed by atoms with van der Waals surface area (Å²) in [4.78, 5) is 30.4. The van der Waals surface area contributed by atoms with Gasteiger partial charge in [0.15, 0.2) is 0 Å². The Balaban J connectivity index is 1.51. The van der Waals surface area contributed by atoms with E-state index in [0.29, 0.717) is 24.5 Å². The zero-order valence-electron chi connectivity index (χ0n) is 17.8. The van der Waals surface area contributed by atoms with E-state index in [-0.39, 0.29) is 43.4 Å². The molecule has 1 aliphatic rings. The van der Waals surface area contributed by atoms with Crippen molar-refractivity contribution in [1.29, 1.82) is 0 Å². The van der Waals surface area contributed by atoms with Crippen molar-refractivity contribution in [3.63, 3.8) is 0 Å². The molecule has 2 amide bonds. The van der Waals surface area contributed by atoms with Gasteiger partial charge >= 0.3 is 0 Å². The molecule has 0 saturated heterocycles. The quantitative estimate of drug-likeness (QED) is 0.503. The van der Waals surface area contributed by atoms with Crippen LogP contribution >= 0.6 is 11.3 Å². The number of nitrogens with zero attached hydrogens (tertiary/aromatic N) is 2. The van der Waals surface area contributed by atoms with Gasteiger partial charge in [0.25, 0.3) is 0 Å². The average Bonchev–Trinajstić information content (AvgIpc) is 3.48. The average molecular weight is 457 g/mol. The molecule has 0 spiro atoms. The number of carbonyl (C=O) groups excluding carboxylic acids is 2. The smallest absolute Gasteiger partial charge is 0.242 e. The molecule has 0 saturated carbocycles. The second-order valence-electron chi connectivity index (χ2n) is 7.60. The van der Waals surface area contributed by atoms with E-state index >= 15 is 0 Å². The van der Waals surface area contributed by atoms with Gasteiger partial charge in [0.1, 0.15) is 30.5 Å². The van der Waals surface area contributed by atoms with Crippen LogP contribution in [0.3, 0.4) is 0 Å². The number of hydrogen-bond donors (Lipinski definition) is 0. The highest BCUT2D eigenvalue weighted by Crippen LogP contribution is 2.34. The van der Waals surface area contributed by atoms with Gasteiger partial charge in [-0.05, 0) is 47.7 Å². The third kappa shape index (κ3) is 5.02. The first kappa shape index (κ1) is 22.1. The summed E-state index contributed by atoms with van der Waals surface area (Å²) < 4.78 is 24.8. The van der Waals surface area contributed by atoms with Crippen LogP contribution in [0.4, 0.5) is 4.39 Å². The van der Waals surface area contributed by atoms with Crippen LogP contribution in [-0.4, -0.2) is 41.3 Å². The minimum absolute atomic E-state index is 0.0384. The van der Waals surface area contributed by atoms with Crippen LogP contribution in [0.1, 0.15) is 35.6 Å². The molecule has 1 atom stereocenters. The van der Waals surface area contributed by atoms with Gasteiger partial charge in [0.2, 0.25) is 11.8 Å². The summed E-state index contributed by atoms with van der Waals surface area (Å²) in [5.41, 5.74) is 1.05. The summed E-state index contributed by atoms with van der Waals surface area (Å²) in [6.45, 7) is 2.73. The fraction of sp³-hybridized carbons (Fsp3) is 0.333. The second-order valence-corrected chi connectivity index (χ2v) is 8.60. The number of halogens is 1. The summed E-state index contributed by atoms with van der Waals surface area (Å²) in [5.74, 6) is 0.408. The summed E-state index contributed by atoms with van der Waals surface area (Å²) in [6, 6.07) is 11.2. The number of benzene rings is 1. The minimum atomic E-state index is -0.373. The fourth-order valence-corrected chi connectivity index (χ4v) is 4.84. The van der Waals surface area contributed by atoms with Crippen LogP contribution in [0.5, 0.6) is 5.75 Å². The number of hydrogen-bond acceptors (Lipinski definition) is 5. The molecular weight excluding hydrogens is 431 g/mol. The van der Waals surface area contributed by atoms with E-state index in [0.717, 1.165) is 12.0 Å². The zero-order valence-corrected chi connectivity index (χ0v) is 18.6. The van der Waals surface area contributed by atoms with Crippen LogP contribution < -0.4 is 4.74 Å². The number of rotatable bonds is 8. The van der Waals surface area contributed by atoms with Gasteiger partial charge in [-0.2, -0.15) is 0 Å². The summed E-state index contributed by atoms with van der Waals surface area (Å²) in [6.07, 6.45) is 2.61. The number of thiophene rings is 1. The molecule has 1 aromatic carbocycles. The number of carbonyl (C=O) groups is 2. The third-order valence-corrected chi connectivity index (χ3v) is 6.52. The van der Waals surface area contributed by atoms with Gasteiger partial charge in [-0.15, -0.1) is 11.3 Å². The standard InChI is InChI=1S/C24H25FN2O4S/c1-2-23(28)26(14-19-7-4-11-30-19)15-24(29)27-10-8-22-20(9-12-32-22)21(27)16-31-18-6-3-5-17(25)13-18/h3-7,9,11-13,21H,2,8,10,14-16H2,1H3/t21-/m0/s1. The molecule has 3 heterocycles. The van der Waals surface area contributed by atoms with E-state index in [1.54, 1.807) is 53.7 Å². The van der Waals surface area contributed by atoms with Crippen molar-refractivity contribution in [2.75, 3.05) is 19.7 Å². The van der Waals surface area contributed by atoms with E-state index in [2.05, 4.69) is 0 Å². The van der Waals surface area contributed by atoms with E-state index in [4.69, 9.17) is 9.15 Å². The lowest BCUT2D eigenvalue weighted by atomic mass is 10.0. The lowest BCUT2D eigenvalue weighted by Crippen LogP contribution is -2.47. The first-order valence-electron chi connectivity index (χ1n) is 10.6. The molecule has 0 radical (unpaired) electrons. The van der Waals surface area contributed by atoms with Gasteiger partial charge in [0, 0.05) is 23.9 Å². The van der Waals surface area contributed by atoms with Crippen LogP contribution in [0, 0.1) is 5.82 Å². The van der Waals surface area contributed by atoms with Crippen LogP contribution in [0.15, 0.2) is 58.5 Å². The van der Waals surface area contributed by atoms with Crippen molar-refractivity contribution in [3.8, 4) is 5.75 Å². The highest BCUT2D eigenvalue weighted by Gasteiger charge is 2.33. The lowest BCUT2D eigenvalue weighted by Gasteiger charge is -2.37. The Kier molecular flexibility index (Phi) is 6.90. The maximum absolute atomic E-state index is 13.5. The summed E-state index contributed by atoms with van der Waals surface area (Å²) >= 11 is 1.66. The Morgan fingerprint density at radius 3 is 2.91 bits per heavy atom. The van der Waals surface area contributed by atoms with Crippen molar-refractivity contribution >= 4 is 23.2 Å². The maximum atomic E-state index is 13.5. The van der Waals surface area contributed by atoms with Gasteiger partial charge in [0.05, 0.1) is 18.8 Å². The lowest BCUT2D eigenvalue weighted by molar-refractivity contribution is -0.143. The SMILES string of the molecule is CCC(=O)N(CC(=O)N1CCc2sccc2[C@@H]1COc1cccc(F)c1)Cc1ccco1. The molecule has 168 valence electrons. The number of furan rings is 1. The molecule has 0 bridgehead atoms. The van der Waals surface area contributed by atoms with Crippen molar-refractivity contribution in [2.24, 2.45) is 0 Å². The molecule has 6 nitrogen and oxygen atoms in total. The monoisotopic (exact) mass is 456 g/mol. The normalized spacial score (nSPS) is 15.3. The van der Waals surface area contributed by atoms with Gasteiger partial charge in [-0.25, -0.2) is 4.39 Å². The molecule has 1 aliphatic heterocycles. The molecule has 4 rings (SSSR count). The van der Waals surface area contributed by atoms with Crippen LogP contribution in [-0.2, 0) is 22.6 Å². The van der Waals surface area contributed by atoms with Gasteiger partial charge < -0.3 is 19.0 Å². The first-order chi connectivity index (χ1) is 15.5. The Morgan fingerprint density at radius 2 is 2.16 bits per heavy atom. The van der Waals surface area contributed by atoms with E-state index in [9.17, 15) is 14.0 Å². The van der Waals surface area contributed by atoms with Gasteiger partial charge in [-0.1, -0.05) is 13.0 Å². The van der Waals surface area contributed by atoms with E-state index in [1.807, 2.05) is 11.4 Å². The summed E-state index contributed by atoms with van der Waals surface area (Å²) in [7, 11) is 0. The number of fused-ring (bicyclic) bond motifs is 1. The van der Waals surface area contributed by atoms with Crippen molar-refractivity contribution < 1.29 is 23.1 Å². The molecule has 3 aromatic rings. The zero-order chi connectivity index (χ0) is 22.5. The fourth-order valence-electron chi connectivity index (χ4n) is 3.91. The topological polar surface area (TPSA) is 63.0 Å².